The minimum absolute atomic E-state index is 0.0709. The number of piperidine rings is 1. The number of ether oxygens (including phenoxy) is 2. The first-order chi connectivity index (χ1) is 18.3. The number of fused-ring (bicyclic) bond motifs is 3. The minimum Gasteiger partial charge on any atom is -0.405 e. The standard InChI is InChI=1S/C30H27F3N2O3/c1-20-27(28(36)34-16-14-29(15-17-34)24-11-5-2-9-22(24)19-37-29)23-10-4-6-12-25(23)35(20)18-21-8-3-7-13-26(21)38-30(31,32)33/h2-13H,14-19H2,1H3. The highest BCUT2D eigenvalue weighted by molar-refractivity contribution is 6.08. The van der Waals surface area contributed by atoms with Crippen molar-refractivity contribution in [3.8, 4) is 5.75 Å². The number of amides is 1. The maximum absolute atomic E-state index is 13.9. The number of halogens is 3. The monoisotopic (exact) mass is 520 g/mol. The van der Waals surface area contributed by atoms with Gasteiger partial charge in [-0.05, 0) is 43.0 Å². The smallest absolute Gasteiger partial charge is 0.405 e. The van der Waals surface area contributed by atoms with E-state index < -0.39 is 6.36 Å². The summed E-state index contributed by atoms with van der Waals surface area (Å²) in [6.07, 6.45) is -3.36. The van der Waals surface area contributed by atoms with E-state index in [-0.39, 0.29) is 23.8 Å². The van der Waals surface area contributed by atoms with Gasteiger partial charge in [-0.15, -0.1) is 13.2 Å². The molecule has 0 aliphatic carbocycles. The number of carbonyl (C=O) groups is 1. The molecule has 0 N–H and O–H groups in total. The molecule has 1 aromatic heterocycles. The van der Waals surface area contributed by atoms with Crippen molar-refractivity contribution < 1.29 is 27.4 Å². The number of likely N-dealkylation sites (tertiary alicyclic amines) is 1. The number of rotatable bonds is 4. The number of hydrogen-bond donors (Lipinski definition) is 0. The SMILES string of the molecule is Cc1c(C(=O)N2CCC3(CC2)OCc2ccccc23)c2ccccc2n1Cc1ccccc1OC(F)(F)F. The molecule has 3 heterocycles. The number of carbonyl (C=O) groups excluding carboxylic acids is 1. The summed E-state index contributed by atoms with van der Waals surface area (Å²) >= 11 is 0. The molecule has 5 nitrogen and oxygen atoms in total. The summed E-state index contributed by atoms with van der Waals surface area (Å²) in [5, 5.41) is 0.784. The molecule has 6 rings (SSSR count). The molecular weight excluding hydrogens is 493 g/mol. The normalized spacial score (nSPS) is 16.7. The van der Waals surface area contributed by atoms with Gasteiger partial charge in [0.2, 0.25) is 0 Å². The van der Waals surface area contributed by atoms with Gasteiger partial charge in [0, 0.05) is 35.2 Å². The highest BCUT2D eigenvalue weighted by Gasteiger charge is 2.43. The molecule has 0 saturated carbocycles. The van der Waals surface area contributed by atoms with Crippen molar-refractivity contribution in [3.63, 3.8) is 0 Å². The zero-order valence-corrected chi connectivity index (χ0v) is 20.9. The summed E-state index contributed by atoms with van der Waals surface area (Å²) in [6, 6.07) is 21.9. The van der Waals surface area contributed by atoms with Crippen molar-refractivity contribution in [1.29, 1.82) is 0 Å². The summed E-state index contributed by atoms with van der Waals surface area (Å²) in [4.78, 5) is 15.8. The molecule has 8 heteroatoms. The molecule has 1 amide bonds. The second-order valence-electron chi connectivity index (χ2n) is 9.95. The summed E-state index contributed by atoms with van der Waals surface area (Å²) in [6.45, 7) is 3.71. The largest absolute Gasteiger partial charge is 0.573 e. The van der Waals surface area contributed by atoms with E-state index in [0.29, 0.717) is 36.5 Å². The van der Waals surface area contributed by atoms with Gasteiger partial charge in [0.15, 0.2) is 0 Å². The van der Waals surface area contributed by atoms with Gasteiger partial charge in [0.25, 0.3) is 5.91 Å². The molecule has 2 aliphatic heterocycles. The van der Waals surface area contributed by atoms with Crippen LogP contribution in [0, 0.1) is 6.92 Å². The predicted octanol–water partition coefficient (Wildman–Crippen LogP) is 6.56. The van der Waals surface area contributed by atoms with Gasteiger partial charge in [-0.25, -0.2) is 0 Å². The molecule has 1 fully saturated rings. The number of nitrogens with zero attached hydrogens (tertiary/aromatic N) is 2. The molecule has 196 valence electrons. The van der Waals surface area contributed by atoms with Crippen molar-refractivity contribution in [3.05, 3.63) is 101 Å². The van der Waals surface area contributed by atoms with Gasteiger partial charge in [-0.2, -0.15) is 0 Å². The third kappa shape index (κ3) is 4.22. The minimum atomic E-state index is -4.79. The number of hydrogen-bond acceptors (Lipinski definition) is 3. The Bertz CT molecular complexity index is 1520. The lowest BCUT2D eigenvalue weighted by atomic mass is 9.83. The van der Waals surface area contributed by atoms with E-state index in [1.54, 1.807) is 12.1 Å². The lowest BCUT2D eigenvalue weighted by molar-refractivity contribution is -0.274. The van der Waals surface area contributed by atoms with Crippen LogP contribution in [-0.2, 0) is 23.5 Å². The molecule has 0 bridgehead atoms. The van der Waals surface area contributed by atoms with Crippen LogP contribution in [0.5, 0.6) is 5.75 Å². The van der Waals surface area contributed by atoms with E-state index in [0.717, 1.165) is 23.7 Å². The summed E-state index contributed by atoms with van der Waals surface area (Å²) in [5.74, 6) is -0.318. The molecule has 3 aromatic carbocycles. The Morgan fingerprint density at radius 2 is 1.66 bits per heavy atom. The number of para-hydroxylation sites is 2. The molecule has 1 spiro atoms. The average Bonchev–Trinajstić information content (AvgIpc) is 3.39. The first kappa shape index (κ1) is 24.6. The Morgan fingerprint density at radius 3 is 2.45 bits per heavy atom. The molecule has 4 aromatic rings. The van der Waals surface area contributed by atoms with E-state index in [9.17, 15) is 18.0 Å². The maximum atomic E-state index is 13.9. The van der Waals surface area contributed by atoms with E-state index in [4.69, 9.17) is 4.74 Å². The number of benzene rings is 3. The fourth-order valence-corrected chi connectivity index (χ4v) is 5.96. The summed E-state index contributed by atoms with van der Waals surface area (Å²) < 4.78 is 51.5. The van der Waals surface area contributed by atoms with Crippen molar-refractivity contribution in [2.45, 2.75) is 44.9 Å². The Hall–Kier alpha value is -3.78. The lowest BCUT2D eigenvalue weighted by Crippen LogP contribution is -2.45. The average molecular weight is 521 g/mol. The Morgan fingerprint density at radius 1 is 0.974 bits per heavy atom. The molecule has 0 radical (unpaired) electrons. The topological polar surface area (TPSA) is 43.7 Å². The van der Waals surface area contributed by atoms with Crippen LogP contribution in [-0.4, -0.2) is 34.8 Å². The highest BCUT2D eigenvalue weighted by Crippen LogP contribution is 2.44. The van der Waals surface area contributed by atoms with Gasteiger partial charge in [-0.3, -0.25) is 4.79 Å². The van der Waals surface area contributed by atoms with Crippen molar-refractivity contribution in [1.82, 2.24) is 9.47 Å². The van der Waals surface area contributed by atoms with Gasteiger partial charge in [-0.1, -0.05) is 60.7 Å². The highest BCUT2D eigenvalue weighted by atomic mass is 19.4. The molecular formula is C30H27F3N2O3. The Kier molecular flexibility index (Phi) is 5.94. The first-order valence-electron chi connectivity index (χ1n) is 12.7. The maximum Gasteiger partial charge on any atom is 0.573 e. The van der Waals surface area contributed by atoms with Gasteiger partial charge in [0.1, 0.15) is 5.75 Å². The zero-order chi connectivity index (χ0) is 26.5. The predicted molar refractivity (Wildman–Crippen MR) is 137 cm³/mol. The van der Waals surface area contributed by atoms with Crippen molar-refractivity contribution in [2.75, 3.05) is 13.1 Å². The van der Waals surface area contributed by atoms with Gasteiger partial charge in [0.05, 0.1) is 24.3 Å². The molecule has 1 saturated heterocycles. The van der Waals surface area contributed by atoms with Gasteiger partial charge >= 0.3 is 6.36 Å². The molecule has 0 unspecified atom stereocenters. The third-order valence-electron chi connectivity index (χ3n) is 7.84. The van der Waals surface area contributed by atoms with Gasteiger partial charge < -0.3 is 18.9 Å². The van der Waals surface area contributed by atoms with E-state index in [1.807, 2.05) is 52.8 Å². The van der Waals surface area contributed by atoms with Crippen LogP contribution in [0.2, 0.25) is 0 Å². The zero-order valence-electron chi connectivity index (χ0n) is 20.9. The fourth-order valence-electron chi connectivity index (χ4n) is 5.96. The summed E-state index contributed by atoms with van der Waals surface area (Å²) in [5.41, 5.74) is 4.54. The van der Waals surface area contributed by atoms with Crippen LogP contribution in [0.25, 0.3) is 10.9 Å². The lowest BCUT2D eigenvalue weighted by Gasteiger charge is -2.39. The van der Waals surface area contributed by atoms with Crippen LogP contribution in [0.4, 0.5) is 13.2 Å². The van der Waals surface area contributed by atoms with Crippen LogP contribution in [0.1, 0.15) is 45.6 Å². The van der Waals surface area contributed by atoms with Crippen LogP contribution in [0.15, 0.2) is 72.8 Å². The summed E-state index contributed by atoms with van der Waals surface area (Å²) in [7, 11) is 0. The quantitative estimate of drug-likeness (QED) is 0.306. The first-order valence-corrected chi connectivity index (χ1v) is 12.7. The molecule has 38 heavy (non-hydrogen) atoms. The van der Waals surface area contributed by atoms with Crippen LogP contribution < -0.4 is 4.74 Å². The van der Waals surface area contributed by atoms with Crippen molar-refractivity contribution in [2.24, 2.45) is 0 Å². The third-order valence-corrected chi connectivity index (χ3v) is 7.84. The van der Waals surface area contributed by atoms with E-state index in [2.05, 4.69) is 16.9 Å². The molecule has 2 aliphatic rings. The Labute approximate surface area is 218 Å². The van der Waals surface area contributed by atoms with Crippen molar-refractivity contribution >= 4 is 16.8 Å². The van der Waals surface area contributed by atoms with Crippen LogP contribution >= 0.6 is 0 Å². The Balaban J connectivity index is 1.30. The van der Waals surface area contributed by atoms with E-state index >= 15 is 0 Å². The molecule has 0 atom stereocenters. The number of alkyl halides is 3. The fraction of sp³-hybridized carbons (Fsp3) is 0.300. The second kappa shape index (κ2) is 9.20. The number of aromatic nitrogens is 1. The van der Waals surface area contributed by atoms with Crippen LogP contribution in [0.3, 0.4) is 0 Å². The van der Waals surface area contributed by atoms with E-state index in [1.165, 1.54) is 23.3 Å². The second-order valence-corrected chi connectivity index (χ2v) is 9.95.